The number of hydrogen-bond donors (Lipinski definition) is 3. The third-order valence-corrected chi connectivity index (χ3v) is 11.1. The van der Waals surface area contributed by atoms with Gasteiger partial charge in [0.05, 0.1) is 43.0 Å². The molecule has 332 valence electrons. The van der Waals surface area contributed by atoms with Crippen LogP contribution < -0.4 is 0 Å². The van der Waals surface area contributed by atoms with E-state index in [9.17, 15) is 34.5 Å². The predicted octanol–water partition coefficient (Wildman–Crippen LogP) is 3.16. The summed E-state index contributed by atoms with van der Waals surface area (Å²) in [5, 5.41) is 34.5. The minimum atomic E-state index is -1.45. The Balaban J connectivity index is 1.95. The van der Waals surface area contributed by atoms with E-state index in [2.05, 4.69) is 0 Å². The lowest BCUT2D eigenvalue weighted by Crippen LogP contribution is -2.66. The first kappa shape index (κ1) is 49.6. The maximum absolute atomic E-state index is 12.9. The molecule has 3 aliphatic rings. The van der Waals surface area contributed by atoms with Crippen molar-refractivity contribution < 1.29 is 72.4 Å². The monoisotopic (exact) mass is 827 g/mol. The summed E-state index contributed by atoms with van der Waals surface area (Å²) in [6.45, 7) is 12.2. The second-order valence-electron chi connectivity index (χ2n) is 16.3. The number of aliphatic hydroxyl groups is 3. The van der Waals surface area contributed by atoms with Gasteiger partial charge in [-0.3, -0.25) is 14.4 Å². The largest absolute Gasteiger partial charge is 0.462 e. The summed E-state index contributed by atoms with van der Waals surface area (Å²) in [6, 6.07) is -0.783. The van der Waals surface area contributed by atoms with Crippen LogP contribution >= 0.6 is 0 Å². The zero-order valence-corrected chi connectivity index (χ0v) is 35.9. The van der Waals surface area contributed by atoms with Crippen LogP contribution in [0.15, 0.2) is 24.3 Å². The lowest BCUT2D eigenvalue weighted by molar-refractivity contribution is -0.344. The molecule has 58 heavy (non-hydrogen) atoms. The number of likely N-dealkylation sites (N-methyl/N-ethyl adjacent to an activating group) is 1. The average Bonchev–Trinajstić information content (AvgIpc) is 3.13. The molecule has 0 saturated carbocycles. The maximum atomic E-state index is 12.9. The number of hydrogen-bond acceptors (Lipinski definition) is 16. The van der Waals surface area contributed by atoms with Crippen molar-refractivity contribution in [3.8, 4) is 0 Å². The molecule has 16 heteroatoms. The van der Waals surface area contributed by atoms with Crippen LogP contribution in [0.2, 0.25) is 0 Å². The van der Waals surface area contributed by atoms with E-state index in [1.54, 1.807) is 71.8 Å². The molecule has 0 amide bonds. The Labute approximate surface area is 343 Å². The van der Waals surface area contributed by atoms with Crippen LogP contribution in [0.3, 0.4) is 0 Å². The van der Waals surface area contributed by atoms with Crippen LogP contribution in [0.5, 0.6) is 0 Å². The van der Waals surface area contributed by atoms with Gasteiger partial charge in [0.2, 0.25) is 0 Å². The topological polar surface area (TPSA) is 206 Å². The number of allylic oxidation sites excluding steroid dienone is 2. The molecule has 16 atom stereocenters. The SMILES string of the molecule is CCCC(=O)O[C@@H]1[C@H](C)O[C@H](O[C@H]2[C@@H](N(C)C)[C@@H](O)[C@@H](O[C@@H]3[C@H](CC=O)C[C@H](C)[C@H](O)/C=C\C=C/C[C@H](C)OC(=O)C[C@H](O)[C@@H]3OC)O[C@H]2C)C[C@@]1(C)OC(=O)CC. The second kappa shape index (κ2) is 23.3. The van der Waals surface area contributed by atoms with Crippen molar-refractivity contribution in [3.63, 3.8) is 0 Å². The van der Waals surface area contributed by atoms with Crippen molar-refractivity contribution in [2.45, 2.75) is 185 Å². The molecular formula is C42H69NO15. The summed E-state index contributed by atoms with van der Waals surface area (Å²) < 4.78 is 48.8. The number of aliphatic hydroxyl groups excluding tert-OH is 3. The molecule has 3 N–H and O–H groups in total. The molecule has 0 aromatic heterocycles. The van der Waals surface area contributed by atoms with Crippen molar-refractivity contribution in [1.29, 1.82) is 0 Å². The van der Waals surface area contributed by atoms with E-state index in [0.717, 1.165) is 0 Å². The molecule has 3 heterocycles. The predicted molar refractivity (Wildman–Crippen MR) is 210 cm³/mol. The highest BCUT2D eigenvalue weighted by molar-refractivity contribution is 5.71. The normalized spacial score (nSPS) is 40.6. The molecule has 0 radical (unpaired) electrons. The fourth-order valence-electron chi connectivity index (χ4n) is 8.07. The number of rotatable bonds is 13. The smallest absolute Gasteiger partial charge is 0.308 e. The fraction of sp³-hybridized carbons (Fsp3) is 0.810. The Kier molecular flexibility index (Phi) is 19.9. The Morgan fingerprint density at radius 2 is 1.69 bits per heavy atom. The van der Waals surface area contributed by atoms with E-state index in [0.29, 0.717) is 19.1 Å². The molecular weight excluding hydrogens is 758 g/mol. The van der Waals surface area contributed by atoms with Gasteiger partial charge >= 0.3 is 17.9 Å². The summed E-state index contributed by atoms with van der Waals surface area (Å²) in [7, 11) is 4.85. The van der Waals surface area contributed by atoms with E-state index in [1.807, 2.05) is 19.9 Å². The van der Waals surface area contributed by atoms with Crippen LogP contribution in [0.1, 0.15) is 99.8 Å². The van der Waals surface area contributed by atoms with Crippen LogP contribution in [-0.2, 0) is 57.1 Å². The number of aldehydes is 1. The van der Waals surface area contributed by atoms with Crippen molar-refractivity contribution >= 4 is 24.2 Å². The minimum absolute atomic E-state index is 0.00608. The second-order valence-corrected chi connectivity index (χ2v) is 16.3. The summed E-state index contributed by atoms with van der Waals surface area (Å²) in [5.74, 6) is -2.64. The van der Waals surface area contributed by atoms with Crippen molar-refractivity contribution in [2.75, 3.05) is 21.2 Å². The van der Waals surface area contributed by atoms with Crippen LogP contribution in [-0.4, -0.2) is 151 Å². The van der Waals surface area contributed by atoms with Gasteiger partial charge < -0.3 is 62.9 Å². The molecule has 2 saturated heterocycles. The number of ether oxygens (including phenoxy) is 8. The van der Waals surface area contributed by atoms with E-state index in [4.69, 9.17) is 37.9 Å². The lowest BCUT2D eigenvalue weighted by Gasteiger charge is -2.50. The summed E-state index contributed by atoms with van der Waals surface area (Å²) >= 11 is 0. The van der Waals surface area contributed by atoms with Gasteiger partial charge in [-0.05, 0) is 66.5 Å². The maximum Gasteiger partial charge on any atom is 0.308 e. The molecule has 3 rings (SSSR count). The van der Waals surface area contributed by atoms with E-state index < -0.39 is 116 Å². The highest BCUT2D eigenvalue weighted by Gasteiger charge is 2.54. The van der Waals surface area contributed by atoms with Crippen LogP contribution in [0, 0.1) is 11.8 Å². The first-order valence-corrected chi connectivity index (χ1v) is 20.6. The standard InChI is InChI=1S/C42H69NO15/c1-11-16-32(48)55-40-27(6)53-34(23-42(40,7)58-31(47)12-2)56-37-26(5)54-41(36(50)35(37)43(8)9)57-38-28(19-20-44)21-24(3)29(45)18-15-13-14-17-25(4)52-33(49)22-30(46)39(38)51-10/h13-15,18,20,24-30,34-41,45-46,50H,11-12,16-17,19,21-23H2,1-10H3/b14-13-,18-15-/t24-,25-,26-,27-,28+,29+,30-,34+,35-,36+,37+,38+,39-,40+,41+,42+/m0/s1. The van der Waals surface area contributed by atoms with Crippen molar-refractivity contribution in [2.24, 2.45) is 11.8 Å². The first-order chi connectivity index (χ1) is 27.4. The third kappa shape index (κ3) is 13.6. The number of esters is 3. The lowest BCUT2D eigenvalue weighted by atomic mass is 9.82. The molecule has 16 nitrogen and oxygen atoms in total. The third-order valence-electron chi connectivity index (χ3n) is 11.1. The molecule has 0 aromatic carbocycles. The van der Waals surface area contributed by atoms with Crippen LogP contribution in [0.4, 0.5) is 0 Å². The highest BCUT2D eigenvalue weighted by Crippen LogP contribution is 2.39. The van der Waals surface area contributed by atoms with Gasteiger partial charge in [0.1, 0.15) is 30.7 Å². The quantitative estimate of drug-likeness (QED) is 0.139. The zero-order chi connectivity index (χ0) is 43.3. The number of methoxy groups -OCH3 is 1. The molecule has 0 aliphatic carbocycles. The van der Waals surface area contributed by atoms with E-state index >= 15 is 0 Å². The molecule has 0 unspecified atom stereocenters. The molecule has 2 fully saturated rings. The minimum Gasteiger partial charge on any atom is -0.462 e. The van der Waals surface area contributed by atoms with Gasteiger partial charge in [-0.15, -0.1) is 0 Å². The summed E-state index contributed by atoms with van der Waals surface area (Å²) in [6.07, 6.45) is -3.49. The molecule has 0 spiro atoms. The zero-order valence-electron chi connectivity index (χ0n) is 35.9. The Morgan fingerprint density at radius 1 is 0.983 bits per heavy atom. The van der Waals surface area contributed by atoms with Gasteiger partial charge in [-0.2, -0.15) is 0 Å². The van der Waals surface area contributed by atoms with Gasteiger partial charge in [0, 0.05) is 39.2 Å². The van der Waals surface area contributed by atoms with Crippen molar-refractivity contribution in [3.05, 3.63) is 24.3 Å². The molecule has 3 aliphatic heterocycles. The molecule has 0 aromatic rings. The Hall–Kier alpha value is -2.80. The van der Waals surface area contributed by atoms with Gasteiger partial charge in [0.15, 0.2) is 24.3 Å². The summed E-state index contributed by atoms with van der Waals surface area (Å²) in [5.41, 5.74) is -1.30. The van der Waals surface area contributed by atoms with Gasteiger partial charge in [-0.1, -0.05) is 45.1 Å². The Bertz CT molecular complexity index is 1380. The van der Waals surface area contributed by atoms with Crippen molar-refractivity contribution in [1.82, 2.24) is 4.90 Å². The first-order valence-electron chi connectivity index (χ1n) is 20.6. The fourth-order valence-corrected chi connectivity index (χ4v) is 8.07. The molecule has 0 bridgehead atoms. The highest BCUT2D eigenvalue weighted by atomic mass is 16.7. The van der Waals surface area contributed by atoms with E-state index in [-0.39, 0.29) is 38.0 Å². The number of cyclic esters (lactones) is 1. The average molecular weight is 828 g/mol. The number of nitrogens with zero attached hydrogens (tertiary/aromatic N) is 1. The summed E-state index contributed by atoms with van der Waals surface area (Å²) in [4.78, 5) is 52.1. The number of carbonyl (C=O) groups excluding carboxylic acids is 4. The Morgan fingerprint density at radius 3 is 2.31 bits per heavy atom. The van der Waals surface area contributed by atoms with Crippen LogP contribution in [0.25, 0.3) is 0 Å². The van der Waals surface area contributed by atoms with Gasteiger partial charge in [0.25, 0.3) is 0 Å². The van der Waals surface area contributed by atoms with E-state index in [1.165, 1.54) is 7.11 Å². The van der Waals surface area contributed by atoms with Gasteiger partial charge in [-0.25, -0.2) is 0 Å². The number of carbonyl (C=O) groups is 4.